The number of hydrogen-bond donors (Lipinski definition) is 0. The normalized spacial score (nSPS) is 22.6. The van der Waals surface area contributed by atoms with E-state index < -0.39 is 0 Å². The fourth-order valence-corrected chi connectivity index (χ4v) is 4.92. The monoisotopic (exact) mass is 416 g/mol. The molecule has 4 heterocycles. The molecule has 2 atom stereocenters. The molecule has 2 aromatic heterocycles. The number of hydrogen-bond acceptors (Lipinski definition) is 6. The molecule has 0 spiro atoms. The SMILES string of the molecule is CC(C)(C)[C@H]1COC(c2cscc2-c2cscc2C2=N[C@@H](C(C)(C)C)CO2)=N1. The van der Waals surface area contributed by atoms with Crippen molar-refractivity contribution in [1.82, 2.24) is 0 Å². The highest BCUT2D eigenvalue weighted by Crippen LogP contribution is 2.37. The zero-order valence-corrected chi connectivity index (χ0v) is 19.0. The van der Waals surface area contributed by atoms with Crippen molar-refractivity contribution in [3.05, 3.63) is 32.6 Å². The van der Waals surface area contributed by atoms with Crippen LogP contribution in [0.5, 0.6) is 0 Å². The van der Waals surface area contributed by atoms with Gasteiger partial charge in [-0.15, -0.1) is 0 Å². The maximum Gasteiger partial charge on any atom is 0.218 e. The number of aliphatic imine (C=N–C) groups is 2. The van der Waals surface area contributed by atoms with Crippen LogP contribution in [-0.2, 0) is 9.47 Å². The van der Waals surface area contributed by atoms with Gasteiger partial charge >= 0.3 is 0 Å². The molecule has 0 unspecified atom stereocenters. The molecule has 28 heavy (non-hydrogen) atoms. The number of rotatable bonds is 3. The van der Waals surface area contributed by atoms with Crippen LogP contribution >= 0.6 is 22.7 Å². The summed E-state index contributed by atoms with van der Waals surface area (Å²) < 4.78 is 12.0. The lowest BCUT2D eigenvalue weighted by atomic mass is 9.88. The first-order chi connectivity index (χ1) is 13.1. The molecule has 0 bridgehead atoms. The largest absolute Gasteiger partial charge is 0.475 e. The van der Waals surface area contributed by atoms with E-state index in [2.05, 4.69) is 63.1 Å². The zero-order chi connectivity index (χ0) is 20.1. The Morgan fingerprint density at radius 2 is 1.04 bits per heavy atom. The van der Waals surface area contributed by atoms with Gasteiger partial charge in [0.1, 0.15) is 13.2 Å². The summed E-state index contributed by atoms with van der Waals surface area (Å²) in [6.45, 7) is 14.5. The van der Waals surface area contributed by atoms with Gasteiger partial charge in [-0.2, -0.15) is 22.7 Å². The van der Waals surface area contributed by atoms with Crippen molar-refractivity contribution < 1.29 is 9.47 Å². The molecule has 0 radical (unpaired) electrons. The molecule has 0 aromatic carbocycles. The van der Waals surface area contributed by atoms with E-state index in [1.54, 1.807) is 22.7 Å². The van der Waals surface area contributed by atoms with E-state index in [1.165, 1.54) is 0 Å². The second-order valence-corrected chi connectivity index (χ2v) is 11.1. The van der Waals surface area contributed by atoms with Gasteiger partial charge in [-0.25, -0.2) is 9.98 Å². The van der Waals surface area contributed by atoms with Gasteiger partial charge in [0.05, 0.1) is 23.2 Å². The second-order valence-electron chi connectivity index (χ2n) is 9.65. The zero-order valence-electron chi connectivity index (χ0n) is 17.4. The minimum absolute atomic E-state index is 0.0971. The molecule has 4 rings (SSSR count). The van der Waals surface area contributed by atoms with Gasteiger partial charge in [0, 0.05) is 21.9 Å². The lowest BCUT2D eigenvalue weighted by Gasteiger charge is -2.21. The predicted molar refractivity (Wildman–Crippen MR) is 119 cm³/mol. The van der Waals surface area contributed by atoms with Crippen LogP contribution in [0.15, 0.2) is 31.5 Å². The van der Waals surface area contributed by atoms with Crippen LogP contribution in [0.4, 0.5) is 0 Å². The highest BCUT2D eigenvalue weighted by molar-refractivity contribution is 7.09. The molecule has 0 amide bonds. The van der Waals surface area contributed by atoms with Crippen molar-refractivity contribution in [3.63, 3.8) is 0 Å². The van der Waals surface area contributed by atoms with Crippen molar-refractivity contribution in [2.75, 3.05) is 13.2 Å². The minimum atomic E-state index is 0.0971. The number of thiophene rings is 2. The highest BCUT2D eigenvalue weighted by Gasteiger charge is 2.34. The Morgan fingerprint density at radius 1 is 0.679 bits per heavy atom. The Hall–Kier alpha value is -1.66. The third kappa shape index (κ3) is 3.64. The van der Waals surface area contributed by atoms with E-state index >= 15 is 0 Å². The summed E-state index contributed by atoms with van der Waals surface area (Å²) in [6.07, 6.45) is 0. The van der Waals surface area contributed by atoms with Crippen LogP contribution in [0.2, 0.25) is 0 Å². The van der Waals surface area contributed by atoms with Crippen molar-refractivity contribution >= 4 is 34.5 Å². The van der Waals surface area contributed by atoms with Crippen molar-refractivity contribution in [2.45, 2.75) is 53.6 Å². The molecular weight excluding hydrogens is 388 g/mol. The van der Waals surface area contributed by atoms with E-state index in [-0.39, 0.29) is 22.9 Å². The Bertz CT molecular complexity index is 849. The topological polar surface area (TPSA) is 43.2 Å². The molecule has 6 heteroatoms. The van der Waals surface area contributed by atoms with Gasteiger partial charge in [0.2, 0.25) is 11.8 Å². The van der Waals surface area contributed by atoms with Crippen molar-refractivity contribution in [3.8, 4) is 11.1 Å². The summed E-state index contributed by atoms with van der Waals surface area (Å²) in [7, 11) is 0. The van der Waals surface area contributed by atoms with Crippen LogP contribution in [0.3, 0.4) is 0 Å². The van der Waals surface area contributed by atoms with E-state index in [1.807, 2.05) is 0 Å². The quantitative estimate of drug-likeness (QED) is 0.629. The molecule has 0 aliphatic carbocycles. The molecule has 0 fully saturated rings. The average Bonchev–Trinajstić information content (AvgIpc) is 3.37. The van der Waals surface area contributed by atoms with Crippen LogP contribution < -0.4 is 0 Å². The molecule has 4 nitrogen and oxygen atoms in total. The number of nitrogens with zero attached hydrogens (tertiary/aromatic N) is 2. The predicted octanol–water partition coefficient (Wildman–Crippen LogP) is 5.86. The van der Waals surface area contributed by atoms with E-state index in [9.17, 15) is 0 Å². The Labute approximate surface area is 175 Å². The first-order valence-corrected chi connectivity index (χ1v) is 11.6. The van der Waals surface area contributed by atoms with Crippen molar-refractivity contribution in [2.24, 2.45) is 20.8 Å². The van der Waals surface area contributed by atoms with Crippen LogP contribution in [0.25, 0.3) is 11.1 Å². The third-order valence-corrected chi connectivity index (χ3v) is 6.86. The molecule has 2 aliphatic heterocycles. The number of ether oxygens (including phenoxy) is 2. The van der Waals surface area contributed by atoms with E-state index in [4.69, 9.17) is 19.5 Å². The Morgan fingerprint density at radius 3 is 1.36 bits per heavy atom. The summed E-state index contributed by atoms with van der Waals surface area (Å²) in [5.74, 6) is 1.52. The van der Waals surface area contributed by atoms with Gasteiger partial charge < -0.3 is 9.47 Å². The van der Waals surface area contributed by atoms with Gasteiger partial charge in [-0.1, -0.05) is 41.5 Å². The summed E-state index contributed by atoms with van der Waals surface area (Å²) >= 11 is 3.36. The minimum Gasteiger partial charge on any atom is -0.475 e. The van der Waals surface area contributed by atoms with Crippen LogP contribution in [-0.4, -0.2) is 37.1 Å². The molecule has 2 aliphatic rings. The molecule has 2 aromatic rings. The third-order valence-electron chi connectivity index (χ3n) is 5.38. The second kappa shape index (κ2) is 6.99. The van der Waals surface area contributed by atoms with Crippen molar-refractivity contribution in [1.29, 1.82) is 0 Å². The van der Waals surface area contributed by atoms with Gasteiger partial charge in [0.15, 0.2) is 0 Å². The van der Waals surface area contributed by atoms with Gasteiger partial charge in [0.25, 0.3) is 0 Å². The molecule has 0 N–H and O–H groups in total. The van der Waals surface area contributed by atoms with Crippen LogP contribution in [0.1, 0.15) is 52.7 Å². The maximum atomic E-state index is 6.00. The molecular formula is C22H28N2O2S2. The average molecular weight is 417 g/mol. The smallest absolute Gasteiger partial charge is 0.218 e. The maximum absolute atomic E-state index is 6.00. The molecule has 0 saturated heterocycles. The first-order valence-electron chi connectivity index (χ1n) is 9.69. The standard InChI is InChI=1S/C22H28N2O2S2/c1-21(2,3)17-7-25-19(23-17)15-11-27-9-13(15)14-10-28-12-16(14)20-24-18(8-26-20)22(4,5)6/h9-12,17-18H,7-8H2,1-6H3/t17-,18-/m1/s1. The highest BCUT2D eigenvalue weighted by atomic mass is 32.1. The molecule has 0 saturated carbocycles. The van der Waals surface area contributed by atoms with E-state index in [0.717, 1.165) is 34.0 Å². The lowest BCUT2D eigenvalue weighted by Crippen LogP contribution is -2.25. The summed E-state index contributed by atoms with van der Waals surface area (Å²) in [6, 6.07) is 0.375. The summed E-state index contributed by atoms with van der Waals surface area (Å²) in [4.78, 5) is 9.77. The fourth-order valence-electron chi connectivity index (χ4n) is 3.27. The molecule has 150 valence electrons. The summed E-state index contributed by atoms with van der Waals surface area (Å²) in [5.41, 5.74) is 4.64. The Kier molecular flexibility index (Phi) is 4.91. The van der Waals surface area contributed by atoms with Gasteiger partial charge in [-0.05, 0) is 21.6 Å². The fraction of sp³-hybridized carbons (Fsp3) is 0.545. The Balaban J connectivity index is 1.68. The lowest BCUT2D eigenvalue weighted by molar-refractivity contribution is 0.235. The first kappa shape index (κ1) is 19.6. The van der Waals surface area contributed by atoms with Gasteiger partial charge in [-0.3, -0.25) is 0 Å². The van der Waals surface area contributed by atoms with Crippen LogP contribution in [0, 0.1) is 10.8 Å². The summed E-state index contributed by atoms with van der Waals surface area (Å²) in [5, 5.41) is 8.62. The van der Waals surface area contributed by atoms with E-state index in [0.29, 0.717) is 13.2 Å².